The van der Waals surface area contributed by atoms with Gasteiger partial charge in [0.05, 0.1) is 5.56 Å². The lowest BCUT2D eigenvalue weighted by molar-refractivity contribution is 0.0693. The second-order valence-corrected chi connectivity index (χ2v) is 4.94. The molecule has 0 spiro atoms. The summed E-state index contributed by atoms with van der Waals surface area (Å²) < 4.78 is 0. The maximum atomic E-state index is 10.9. The van der Waals surface area contributed by atoms with Crippen LogP contribution in [0.15, 0.2) is 29.2 Å². The SMILES string of the molecule is CN(C)CCCSc1ccccc1C(=O)O. The largest absolute Gasteiger partial charge is 0.478 e. The molecule has 3 nitrogen and oxygen atoms in total. The highest BCUT2D eigenvalue weighted by Gasteiger charge is 2.08. The van der Waals surface area contributed by atoms with Crippen LogP contribution in [-0.4, -0.2) is 42.4 Å². The Kier molecular flexibility index (Phi) is 5.35. The summed E-state index contributed by atoms with van der Waals surface area (Å²) in [6, 6.07) is 7.15. The van der Waals surface area contributed by atoms with Crippen LogP contribution in [0.4, 0.5) is 0 Å². The number of hydrogen-bond donors (Lipinski definition) is 1. The third kappa shape index (κ3) is 4.24. The Hall–Kier alpha value is -1.00. The lowest BCUT2D eigenvalue weighted by Crippen LogP contribution is -2.13. The molecule has 0 unspecified atom stereocenters. The maximum Gasteiger partial charge on any atom is 0.336 e. The first-order chi connectivity index (χ1) is 7.61. The van der Waals surface area contributed by atoms with E-state index < -0.39 is 5.97 Å². The van der Waals surface area contributed by atoms with Gasteiger partial charge in [-0.25, -0.2) is 4.79 Å². The Morgan fingerprint density at radius 2 is 2.06 bits per heavy atom. The van der Waals surface area contributed by atoms with Gasteiger partial charge in [0.2, 0.25) is 0 Å². The molecule has 16 heavy (non-hydrogen) atoms. The predicted molar refractivity (Wildman–Crippen MR) is 67.3 cm³/mol. The summed E-state index contributed by atoms with van der Waals surface area (Å²) in [6.45, 7) is 1.03. The van der Waals surface area contributed by atoms with Crippen molar-refractivity contribution in [1.29, 1.82) is 0 Å². The lowest BCUT2D eigenvalue weighted by atomic mass is 10.2. The number of thioether (sulfide) groups is 1. The van der Waals surface area contributed by atoms with E-state index in [4.69, 9.17) is 5.11 Å². The van der Waals surface area contributed by atoms with E-state index in [0.717, 1.165) is 23.6 Å². The number of rotatable bonds is 6. The summed E-state index contributed by atoms with van der Waals surface area (Å²) in [5.74, 6) is 0.0957. The maximum absolute atomic E-state index is 10.9. The fourth-order valence-electron chi connectivity index (χ4n) is 1.33. The molecule has 0 saturated heterocycles. The smallest absolute Gasteiger partial charge is 0.336 e. The molecule has 0 radical (unpaired) electrons. The minimum Gasteiger partial charge on any atom is -0.478 e. The highest BCUT2D eigenvalue weighted by Crippen LogP contribution is 2.23. The molecule has 0 saturated carbocycles. The molecular formula is C12H17NO2S. The van der Waals surface area contributed by atoms with Crippen molar-refractivity contribution in [1.82, 2.24) is 4.90 Å². The molecule has 4 heteroatoms. The Morgan fingerprint density at radius 1 is 1.38 bits per heavy atom. The van der Waals surface area contributed by atoms with Crippen molar-refractivity contribution < 1.29 is 9.90 Å². The third-order valence-electron chi connectivity index (χ3n) is 2.12. The van der Waals surface area contributed by atoms with Crippen molar-refractivity contribution in [2.45, 2.75) is 11.3 Å². The van der Waals surface area contributed by atoms with Crippen molar-refractivity contribution in [2.24, 2.45) is 0 Å². The van der Waals surface area contributed by atoms with Crippen molar-refractivity contribution in [2.75, 3.05) is 26.4 Å². The highest BCUT2D eigenvalue weighted by molar-refractivity contribution is 7.99. The van der Waals surface area contributed by atoms with E-state index >= 15 is 0 Å². The molecule has 1 rings (SSSR count). The zero-order chi connectivity index (χ0) is 12.0. The minimum absolute atomic E-state index is 0.400. The van der Waals surface area contributed by atoms with Crippen LogP contribution in [-0.2, 0) is 0 Å². The summed E-state index contributed by atoms with van der Waals surface area (Å²) in [6.07, 6.45) is 1.06. The molecular weight excluding hydrogens is 222 g/mol. The van der Waals surface area contributed by atoms with Crippen LogP contribution in [0.5, 0.6) is 0 Å². The normalized spacial score (nSPS) is 10.7. The monoisotopic (exact) mass is 239 g/mol. The third-order valence-corrected chi connectivity index (χ3v) is 3.28. The van der Waals surface area contributed by atoms with Gasteiger partial charge in [0.15, 0.2) is 0 Å². The number of carboxylic acids is 1. The highest BCUT2D eigenvalue weighted by atomic mass is 32.2. The number of carbonyl (C=O) groups is 1. The van der Waals surface area contributed by atoms with Crippen molar-refractivity contribution in [3.8, 4) is 0 Å². The minimum atomic E-state index is -0.851. The Morgan fingerprint density at radius 3 is 2.69 bits per heavy atom. The number of benzene rings is 1. The van der Waals surface area contributed by atoms with Gasteiger partial charge < -0.3 is 10.0 Å². The van der Waals surface area contributed by atoms with E-state index in [0.29, 0.717) is 5.56 Å². The van der Waals surface area contributed by atoms with Crippen LogP contribution in [0.1, 0.15) is 16.8 Å². The van der Waals surface area contributed by atoms with E-state index in [1.54, 1.807) is 23.9 Å². The van der Waals surface area contributed by atoms with Gasteiger partial charge in [-0.1, -0.05) is 12.1 Å². The first-order valence-electron chi connectivity index (χ1n) is 5.21. The molecule has 0 bridgehead atoms. The molecule has 88 valence electrons. The second kappa shape index (κ2) is 6.55. The zero-order valence-corrected chi connectivity index (χ0v) is 10.5. The first kappa shape index (κ1) is 13.1. The fraction of sp³-hybridized carbons (Fsp3) is 0.417. The summed E-state index contributed by atoms with van der Waals surface area (Å²) in [5.41, 5.74) is 0.400. The predicted octanol–water partition coefficient (Wildman–Crippen LogP) is 2.43. The molecule has 1 aromatic carbocycles. The molecule has 0 amide bonds. The van der Waals surface area contributed by atoms with E-state index in [-0.39, 0.29) is 0 Å². The van der Waals surface area contributed by atoms with Crippen molar-refractivity contribution in [3.05, 3.63) is 29.8 Å². The first-order valence-corrected chi connectivity index (χ1v) is 6.19. The number of aromatic carboxylic acids is 1. The molecule has 0 aliphatic heterocycles. The van der Waals surface area contributed by atoms with Crippen molar-refractivity contribution in [3.63, 3.8) is 0 Å². The van der Waals surface area contributed by atoms with E-state index in [1.807, 2.05) is 26.2 Å². The standard InChI is InChI=1S/C12H17NO2S/c1-13(2)8-5-9-16-11-7-4-3-6-10(11)12(14)15/h3-4,6-7H,5,8-9H2,1-2H3,(H,14,15). The summed E-state index contributed by atoms with van der Waals surface area (Å²) in [5, 5.41) is 8.99. The molecule has 0 aliphatic carbocycles. The summed E-state index contributed by atoms with van der Waals surface area (Å²) in [4.78, 5) is 13.9. The van der Waals surface area contributed by atoms with Gasteiger partial charge in [-0.15, -0.1) is 11.8 Å². The van der Waals surface area contributed by atoms with Gasteiger partial charge in [-0.3, -0.25) is 0 Å². The zero-order valence-electron chi connectivity index (χ0n) is 9.64. The van der Waals surface area contributed by atoms with Gasteiger partial charge in [-0.2, -0.15) is 0 Å². The van der Waals surface area contributed by atoms with Gasteiger partial charge in [0.25, 0.3) is 0 Å². The Labute approximate surface area is 100 Å². The Bertz CT molecular complexity index is 353. The second-order valence-electron chi connectivity index (χ2n) is 3.81. The average molecular weight is 239 g/mol. The van der Waals surface area contributed by atoms with Crippen LogP contribution in [0.25, 0.3) is 0 Å². The number of carboxylic acid groups (broad SMARTS) is 1. The Balaban J connectivity index is 2.50. The van der Waals surface area contributed by atoms with E-state index in [1.165, 1.54) is 0 Å². The molecule has 0 atom stereocenters. The van der Waals surface area contributed by atoms with Crippen LogP contribution in [0, 0.1) is 0 Å². The van der Waals surface area contributed by atoms with E-state index in [2.05, 4.69) is 4.90 Å². The van der Waals surface area contributed by atoms with Crippen molar-refractivity contribution >= 4 is 17.7 Å². The molecule has 0 aliphatic rings. The van der Waals surface area contributed by atoms with Gasteiger partial charge >= 0.3 is 5.97 Å². The molecule has 1 aromatic rings. The summed E-state index contributed by atoms with van der Waals surface area (Å²) >= 11 is 1.61. The number of nitrogens with zero attached hydrogens (tertiary/aromatic N) is 1. The van der Waals surface area contributed by atoms with Gasteiger partial charge in [0, 0.05) is 4.90 Å². The molecule has 0 fully saturated rings. The van der Waals surface area contributed by atoms with E-state index in [9.17, 15) is 4.79 Å². The molecule has 1 N–H and O–H groups in total. The lowest BCUT2D eigenvalue weighted by Gasteiger charge is -2.09. The van der Waals surface area contributed by atoms with Crippen LogP contribution >= 0.6 is 11.8 Å². The molecule has 0 aromatic heterocycles. The average Bonchev–Trinajstić information content (AvgIpc) is 2.24. The van der Waals surface area contributed by atoms with Crippen LogP contribution in [0.3, 0.4) is 0 Å². The quantitative estimate of drug-likeness (QED) is 0.611. The fourth-order valence-corrected chi connectivity index (χ4v) is 2.31. The topological polar surface area (TPSA) is 40.5 Å². The van der Waals surface area contributed by atoms with Crippen LogP contribution in [0.2, 0.25) is 0 Å². The summed E-state index contributed by atoms with van der Waals surface area (Å²) in [7, 11) is 4.08. The molecule has 0 heterocycles. The number of hydrogen-bond acceptors (Lipinski definition) is 3. The van der Waals surface area contributed by atoms with Gasteiger partial charge in [0.1, 0.15) is 0 Å². The van der Waals surface area contributed by atoms with Gasteiger partial charge in [-0.05, 0) is 44.9 Å². The van der Waals surface area contributed by atoms with Crippen LogP contribution < -0.4 is 0 Å².